The summed E-state index contributed by atoms with van der Waals surface area (Å²) in [5, 5.41) is 3.98. The van der Waals surface area contributed by atoms with E-state index in [-0.39, 0.29) is 0 Å². The van der Waals surface area contributed by atoms with Gasteiger partial charge < -0.3 is 14.7 Å². The first kappa shape index (κ1) is 12.5. The highest BCUT2D eigenvalue weighted by atomic mass is 16.5. The van der Waals surface area contributed by atoms with Gasteiger partial charge in [0.2, 0.25) is 11.7 Å². The van der Waals surface area contributed by atoms with E-state index in [1.165, 1.54) is 0 Å². The Balaban J connectivity index is 1.70. The third kappa shape index (κ3) is 2.56. The maximum atomic E-state index is 5.75. The number of nitrogens with two attached hydrogens (primary N) is 1. The number of hydrogen-bond donors (Lipinski definition) is 1. The number of anilines is 1. The second-order valence-electron chi connectivity index (χ2n) is 4.65. The number of aryl methyl sites for hydroxylation is 3. The summed E-state index contributed by atoms with van der Waals surface area (Å²) in [5.41, 5.74) is 8.54. The third-order valence-electron chi connectivity index (χ3n) is 3.15. The molecule has 0 aliphatic heterocycles. The number of aromatic nitrogens is 2. The topological polar surface area (TPSA) is 78.1 Å². The molecule has 0 unspecified atom stereocenters. The molecule has 2 heterocycles. The molecular formula is C15H15N3O2. The van der Waals surface area contributed by atoms with Gasteiger partial charge >= 0.3 is 0 Å². The second-order valence-corrected chi connectivity index (χ2v) is 4.65. The van der Waals surface area contributed by atoms with Gasteiger partial charge in [0.25, 0.3) is 0 Å². The third-order valence-corrected chi connectivity index (χ3v) is 3.15. The predicted octanol–water partition coefficient (Wildman–Crippen LogP) is 3.01. The van der Waals surface area contributed by atoms with Crippen LogP contribution in [0.3, 0.4) is 0 Å². The van der Waals surface area contributed by atoms with Gasteiger partial charge in [-0.1, -0.05) is 17.3 Å². The first-order valence-electron chi connectivity index (χ1n) is 6.44. The number of furan rings is 1. The second kappa shape index (κ2) is 5.21. The minimum Gasteiger partial charge on any atom is -0.469 e. The van der Waals surface area contributed by atoms with E-state index in [4.69, 9.17) is 14.7 Å². The summed E-state index contributed by atoms with van der Waals surface area (Å²) in [6.45, 7) is 1.87. The monoisotopic (exact) mass is 269 g/mol. The van der Waals surface area contributed by atoms with Gasteiger partial charge in [0.15, 0.2) is 0 Å². The first-order chi connectivity index (χ1) is 9.72. The molecule has 0 saturated carbocycles. The molecule has 1 aromatic carbocycles. The normalized spacial score (nSPS) is 10.8. The van der Waals surface area contributed by atoms with Crippen molar-refractivity contribution in [3.05, 3.63) is 53.8 Å². The molecule has 5 nitrogen and oxygen atoms in total. The predicted molar refractivity (Wildman–Crippen MR) is 75.0 cm³/mol. The Hall–Kier alpha value is -2.56. The molecule has 0 radical (unpaired) electrons. The molecule has 0 aliphatic rings. The minimum absolute atomic E-state index is 0.568. The fourth-order valence-corrected chi connectivity index (χ4v) is 2.08. The Bertz CT molecular complexity index is 715. The molecule has 0 atom stereocenters. The van der Waals surface area contributed by atoms with Crippen molar-refractivity contribution in [2.24, 2.45) is 0 Å². The van der Waals surface area contributed by atoms with Crippen molar-refractivity contribution < 1.29 is 8.94 Å². The van der Waals surface area contributed by atoms with Gasteiger partial charge in [-0.25, -0.2) is 0 Å². The molecule has 2 aromatic heterocycles. The lowest BCUT2D eigenvalue weighted by molar-refractivity contribution is 0.379. The van der Waals surface area contributed by atoms with Gasteiger partial charge in [0, 0.05) is 12.1 Å². The number of hydrogen-bond acceptors (Lipinski definition) is 5. The molecule has 20 heavy (non-hydrogen) atoms. The smallest absolute Gasteiger partial charge is 0.227 e. The summed E-state index contributed by atoms with van der Waals surface area (Å²) in [6.07, 6.45) is 3.12. The van der Waals surface area contributed by atoms with Gasteiger partial charge in [-0.05, 0) is 37.1 Å². The van der Waals surface area contributed by atoms with Gasteiger partial charge in [0.05, 0.1) is 11.8 Å². The summed E-state index contributed by atoms with van der Waals surface area (Å²) >= 11 is 0. The van der Waals surface area contributed by atoms with Crippen LogP contribution in [0.15, 0.2) is 45.5 Å². The Labute approximate surface area is 116 Å². The van der Waals surface area contributed by atoms with Crippen molar-refractivity contribution in [1.82, 2.24) is 10.1 Å². The fraction of sp³-hybridized carbons (Fsp3) is 0.200. The van der Waals surface area contributed by atoms with Crippen LogP contribution < -0.4 is 5.73 Å². The Morgan fingerprint density at radius 3 is 2.85 bits per heavy atom. The van der Waals surface area contributed by atoms with Crippen molar-refractivity contribution in [3.8, 4) is 11.4 Å². The van der Waals surface area contributed by atoms with Crippen LogP contribution in [0.5, 0.6) is 0 Å². The summed E-state index contributed by atoms with van der Waals surface area (Å²) in [6, 6.07) is 9.64. The lowest BCUT2D eigenvalue weighted by Crippen LogP contribution is -1.93. The van der Waals surface area contributed by atoms with Gasteiger partial charge in [0.1, 0.15) is 5.76 Å². The highest BCUT2D eigenvalue weighted by Crippen LogP contribution is 2.21. The van der Waals surface area contributed by atoms with E-state index in [0.717, 1.165) is 29.0 Å². The average Bonchev–Trinajstić information content (AvgIpc) is 3.05. The van der Waals surface area contributed by atoms with Crippen molar-refractivity contribution in [2.75, 3.05) is 5.73 Å². The molecule has 0 saturated heterocycles. The molecule has 0 spiro atoms. The van der Waals surface area contributed by atoms with E-state index in [2.05, 4.69) is 10.1 Å². The SMILES string of the molecule is Cc1occc1-c1noc(CCc2cccc(N)c2)n1. The van der Waals surface area contributed by atoms with Crippen molar-refractivity contribution in [3.63, 3.8) is 0 Å². The lowest BCUT2D eigenvalue weighted by atomic mass is 10.1. The number of rotatable bonds is 4. The van der Waals surface area contributed by atoms with Crippen LogP contribution in [0.2, 0.25) is 0 Å². The molecule has 3 rings (SSSR count). The van der Waals surface area contributed by atoms with E-state index in [1.54, 1.807) is 6.26 Å². The van der Waals surface area contributed by atoms with E-state index < -0.39 is 0 Å². The van der Waals surface area contributed by atoms with Gasteiger partial charge in [-0.3, -0.25) is 0 Å². The Morgan fingerprint density at radius 1 is 1.20 bits per heavy atom. The molecule has 0 bridgehead atoms. The fourth-order valence-electron chi connectivity index (χ4n) is 2.08. The van der Waals surface area contributed by atoms with Gasteiger partial charge in [-0.15, -0.1) is 0 Å². The molecular weight excluding hydrogens is 254 g/mol. The van der Waals surface area contributed by atoms with E-state index in [9.17, 15) is 0 Å². The van der Waals surface area contributed by atoms with Crippen LogP contribution in [0.1, 0.15) is 17.2 Å². The standard InChI is InChI=1S/C15H15N3O2/c1-10-13(7-8-19-10)15-17-14(20-18-15)6-5-11-3-2-4-12(16)9-11/h2-4,7-9H,5-6,16H2,1H3. The quantitative estimate of drug-likeness (QED) is 0.736. The van der Waals surface area contributed by atoms with Crippen LogP contribution >= 0.6 is 0 Å². The zero-order valence-electron chi connectivity index (χ0n) is 11.2. The maximum absolute atomic E-state index is 5.75. The summed E-state index contributed by atoms with van der Waals surface area (Å²) in [4.78, 5) is 4.38. The van der Waals surface area contributed by atoms with Crippen LogP contribution in [0.4, 0.5) is 5.69 Å². The van der Waals surface area contributed by atoms with E-state index >= 15 is 0 Å². The summed E-state index contributed by atoms with van der Waals surface area (Å²) in [5.74, 6) is 1.97. The minimum atomic E-state index is 0.568. The maximum Gasteiger partial charge on any atom is 0.227 e. The molecule has 2 N–H and O–H groups in total. The highest BCUT2D eigenvalue weighted by molar-refractivity contribution is 5.56. The number of nitrogen functional groups attached to an aromatic ring is 1. The van der Waals surface area contributed by atoms with Crippen molar-refractivity contribution in [1.29, 1.82) is 0 Å². The molecule has 0 amide bonds. The molecule has 3 aromatic rings. The largest absolute Gasteiger partial charge is 0.469 e. The van der Waals surface area contributed by atoms with Gasteiger partial charge in [-0.2, -0.15) is 4.98 Å². The number of nitrogens with zero attached hydrogens (tertiary/aromatic N) is 2. The van der Waals surface area contributed by atoms with Crippen LogP contribution in [0.25, 0.3) is 11.4 Å². The highest BCUT2D eigenvalue weighted by Gasteiger charge is 2.12. The van der Waals surface area contributed by atoms with Crippen molar-refractivity contribution in [2.45, 2.75) is 19.8 Å². The number of benzene rings is 1. The molecule has 0 fully saturated rings. The zero-order chi connectivity index (χ0) is 13.9. The molecule has 0 aliphatic carbocycles. The molecule has 102 valence electrons. The average molecular weight is 269 g/mol. The Kier molecular flexibility index (Phi) is 3.25. The van der Waals surface area contributed by atoms with E-state index in [1.807, 2.05) is 37.3 Å². The van der Waals surface area contributed by atoms with Crippen molar-refractivity contribution >= 4 is 5.69 Å². The molecule has 5 heteroatoms. The van der Waals surface area contributed by atoms with Crippen LogP contribution in [0, 0.1) is 6.92 Å². The lowest BCUT2D eigenvalue weighted by Gasteiger charge is -1.99. The van der Waals surface area contributed by atoms with E-state index in [0.29, 0.717) is 18.1 Å². The first-order valence-corrected chi connectivity index (χ1v) is 6.44. The Morgan fingerprint density at radius 2 is 2.10 bits per heavy atom. The van der Waals surface area contributed by atoms with Crippen LogP contribution in [-0.4, -0.2) is 10.1 Å². The summed E-state index contributed by atoms with van der Waals surface area (Å²) < 4.78 is 10.5. The van der Waals surface area contributed by atoms with Crippen LogP contribution in [-0.2, 0) is 12.8 Å². The summed E-state index contributed by atoms with van der Waals surface area (Å²) in [7, 11) is 0. The zero-order valence-corrected chi connectivity index (χ0v) is 11.2.